The summed E-state index contributed by atoms with van der Waals surface area (Å²) in [4.78, 5) is 2.18. The van der Waals surface area contributed by atoms with E-state index in [1.54, 1.807) is 23.9 Å². The van der Waals surface area contributed by atoms with Crippen LogP contribution in [0, 0.1) is 0 Å². The van der Waals surface area contributed by atoms with E-state index >= 15 is 0 Å². The highest BCUT2D eigenvalue weighted by molar-refractivity contribution is 7.99. The molecule has 0 spiro atoms. The van der Waals surface area contributed by atoms with E-state index < -0.39 is 115 Å². The molecule has 7 rings (SSSR count). The number of benzene rings is 4. The lowest BCUT2D eigenvalue weighted by Gasteiger charge is -2.48. The second kappa shape index (κ2) is 25.4. The maximum absolute atomic E-state index is 13.2. The van der Waals surface area contributed by atoms with E-state index in [0.29, 0.717) is 16.9 Å². The number of anilines is 1. The van der Waals surface area contributed by atoms with Gasteiger partial charge >= 0.3 is 0 Å². The van der Waals surface area contributed by atoms with Crippen molar-refractivity contribution < 1.29 is 82.8 Å². The van der Waals surface area contributed by atoms with Gasteiger partial charge in [0.1, 0.15) is 78.7 Å². The van der Waals surface area contributed by atoms with Crippen molar-refractivity contribution in [2.45, 2.75) is 122 Å². The van der Waals surface area contributed by atoms with Gasteiger partial charge in [0.25, 0.3) is 0 Å². The molecule has 0 aliphatic carbocycles. The summed E-state index contributed by atoms with van der Waals surface area (Å²) < 4.78 is 64.1. The van der Waals surface area contributed by atoms with Crippen LogP contribution in [0.15, 0.2) is 83.8 Å². The first kappa shape index (κ1) is 55.0. The summed E-state index contributed by atoms with van der Waals surface area (Å²) in [5, 5.41) is 101. The lowest BCUT2D eigenvalue weighted by atomic mass is 9.96. The van der Waals surface area contributed by atoms with Crippen molar-refractivity contribution in [3.63, 3.8) is 0 Å². The molecular formula is C48H66N2O17S3. The zero-order valence-corrected chi connectivity index (χ0v) is 41.4. The molecule has 388 valence electrons. The number of hydrogen-bond acceptors (Lipinski definition) is 20. The summed E-state index contributed by atoms with van der Waals surface area (Å²) in [6.45, 7) is -1.28. The molecule has 3 aliphatic heterocycles. The number of ether oxygens (including phenoxy) is 6. The van der Waals surface area contributed by atoms with Gasteiger partial charge in [-0.15, -0.1) is 11.8 Å². The standard InChI is InChI=1S/C48H66N2O17S3/c1-50(2)32-14-8-13-31-30(32)12-9-15-36(31)70(60,61)49-18-21-68-19-6-3-7-20-69-48-43(59)40(56)45(34(24-52)65-48)67-47-42(58)39(55)44(33(23-51)63-47)66-46-41(57)38(54)37(53)35(64-46)26-62-25-27-16-17-28-10-4-5-11-29(28)22-27/h4-5,8-17,22,33-35,37-49,51-59H,3,6-7,18-21,23-26H2,1-2H3/t33-,34-,35-,37-,38+,39-,40-,41-,42-,43-,44-,45-,46-,47-,48+/m1/s1. The Morgan fingerprint density at radius 2 is 1.26 bits per heavy atom. The molecule has 3 saturated heterocycles. The lowest BCUT2D eigenvalue weighted by molar-refractivity contribution is -0.372. The average Bonchev–Trinajstić information content (AvgIpc) is 3.36. The average molecular weight is 1040 g/mol. The van der Waals surface area contributed by atoms with Crippen molar-refractivity contribution in [3.05, 3.63) is 84.4 Å². The molecule has 0 amide bonds. The van der Waals surface area contributed by atoms with Gasteiger partial charge in [-0.05, 0) is 58.9 Å². The molecule has 0 radical (unpaired) electrons. The van der Waals surface area contributed by atoms with Crippen LogP contribution in [0.25, 0.3) is 21.5 Å². The summed E-state index contributed by atoms with van der Waals surface area (Å²) in [5.74, 6) is 1.95. The van der Waals surface area contributed by atoms with Gasteiger partial charge in [0.05, 0.1) is 31.3 Å². The summed E-state index contributed by atoms with van der Waals surface area (Å²) in [6.07, 6.45) is -19.9. The van der Waals surface area contributed by atoms with Crippen LogP contribution in [0.1, 0.15) is 24.8 Å². The van der Waals surface area contributed by atoms with Crippen LogP contribution in [0.3, 0.4) is 0 Å². The predicted molar refractivity (Wildman–Crippen MR) is 263 cm³/mol. The normalized spacial score (nSPS) is 31.8. The summed E-state index contributed by atoms with van der Waals surface area (Å²) in [7, 11) is 0.0995. The third-order valence-electron chi connectivity index (χ3n) is 12.6. The van der Waals surface area contributed by atoms with Crippen molar-refractivity contribution in [2.75, 3.05) is 62.6 Å². The first-order chi connectivity index (χ1) is 33.6. The minimum absolute atomic E-state index is 0.137. The number of aliphatic hydroxyl groups is 9. The van der Waals surface area contributed by atoms with E-state index in [0.717, 1.165) is 52.4 Å². The topological polar surface area (TPSA) is 287 Å². The quantitative estimate of drug-likeness (QED) is 0.0457. The second-order valence-electron chi connectivity index (χ2n) is 17.8. The molecule has 10 N–H and O–H groups in total. The fraction of sp³-hybridized carbons (Fsp3) is 0.583. The molecule has 0 saturated carbocycles. The van der Waals surface area contributed by atoms with Crippen LogP contribution < -0.4 is 9.62 Å². The zero-order valence-electron chi connectivity index (χ0n) is 38.9. The van der Waals surface area contributed by atoms with Gasteiger partial charge in [-0.25, -0.2) is 13.1 Å². The number of fused-ring (bicyclic) bond motifs is 2. The molecule has 15 atom stereocenters. The van der Waals surface area contributed by atoms with Gasteiger partial charge in [-0.3, -0.25) is 0 Å². The highest BCUT2D eigenvalue weighted by Gasteiger charge is 2.53. The van der Waals surface area contributed by atoms with Gasteiger partial charge < -0.3 is 79.3 Å². The van der Waals surface area contributed by atoms with Crippen LogP contribution in [0.5, 0.6) is 0 Å². The summed E-state index contributed by atoms with van der Waals surface area (Å²) in [6, 6.07) is 24.4. The number of unbranched alkanes of at least 4 members (excludes halogenated alkanes) is 2. The summed E-state index contributed by atoms with van der Waals surface area (Å²) >= 11 is 2.88. The van der Waals surface area contributed by atoms with Crippen molar-refractivity contribution in [1.82, 2.24) is 4.72 Å². The van der Waals surface area contributed by atoms with Crippen molar-refractivity contribution in [1.29, 1.82) is 0 Å². The largest absolute Gasteiger partial charge is 0.394 e. The van der Waals surface area contributed by atoms with E-state index in [9.17, 15) is 54.4 Å². The van der Waals surface area contributed by atoms with Gasteiger partial charge in [0.2, 0.25) is 10.0 Å². The number of sulfonamides is 1. The van der Waals surface area contributed by atoms with Crippen LogP contribution >= 0.6 is 23.5 Å². The number of nitrogens with one attached hydrogen (secondary N) is 1. The molecular weight excluding hydrogens is 973 g/mol. The Hall–Kier alpha value is -2.79. The molecule has 19 nitrogen and oxygen atoms in total. The molecule has 0 bridgehead atoms. The number of nitrogens with zero attached hydrogens (tertiary/aromatic N) is 1. The lowest BCUT2D eigenvalue weighted by Crippen LogP contribution is -2.66. The van der Waals surface area contributed by atoms with E-state index in [1.807, 2.05) is 85.7 Å². The third kappa shape index (κ3) is 13.1. The van der Waals surface area contributed by atoms with Gasteiger partial charge in [0, 0.05) is 42.9 Å². The number of aliphatic hydroxyl groups excluding tert-OH is 9. The molecule has 4 aromatic carbocycles. The van der Waals surface area contributed by atoms with Crippen LogP contribution in [0.2, 0.25) is 0 Å². The van der Waals surface area contributed by atoms with Crippen molar-refractivity contribution in [3.8, 4) is 0 Å². The van der Waals surface area contributed by atoms with E-state index in [1.165, 1.54) is 11.8 Å². The third-order valence-corrected chi connectivity index (χ3v) is 16.5. The number of hydrogen-bond donors (Lipinski definition) is 10. The van der Waals surface area contributed by atoms with Gasteiger partial charge in [-0.2, -0.15) is 11.8 Å². The second-order valence-corrected chi connectivity index (χ2v) is 22.0. The number of thioether (sulfide) groups is 2. The molecule has 0 unspecified atom stereocenters. The van der Waals surface area contributed by atoms with Crippen molar-refractivity contribution >= 4 is 60.8 Å². The fourth-order valence-corrected chi connectivity index (χ4v) is 12.2. The highest BCUT2D eigenvalue weighted by Crippen LogP contribution is 2.35. The molecule has 3 fully saturated rings. The Kier molecular flexibility index (Phi) is 20.0. The van der Waals surface area contributed by atoms with Crippen LogP contribution in [-0.2, 0) is 45.1 Å². The van der Waals surface area contributed by atoms with Crippen LogP contribution in [0.4, 0.5) is 5.69 Å². The maximum Gasteiger partial charge on any atom is 0.241 e. The highest BCUT2D eigenvalue weighted by atomic mass is 32.2. The Bertz CT molecular complexity index is 2390. The fourth-order valence-electron chi connectivity index (χ4n) is 8.79. The van der Waals surface area contributed by atoms with E-state index in [4.69, 9.17) is 28.4 Å². The molecule has 22 heteroatoms. The van der Waals surface area contributed by atoms with E-state index in [-0.39, 0.29) is 24.7 Å². The predicted octanol–water partition coefficient (Wildman–Crippen LogP) is 0.647. The van der Waals surface area contributed by atoms with Gasteiger partial charge in [-0.1, -0.05) is 67.1 Å². The molecule has 3 aliphatic rings. The Balaban J connectivity index is 0.824. The molecule has 0 aromatic heterocycles. The number of rotatable bonds is 23. The van der Waals surface area contributed by atoms with Gasteiger partial charge in [0.15, 0.2) is 12.6 Å². The SMILES string of the molecule is CN(C)c1cccc2c(S(=O)(=O)NCCSCCCCCS[C@@H]3O[C@H](CO)[C@@H](O[C@H]4O[C@H](CO)[C@@H](O[C@H]5O[C@H](COCc6ccc7ccccc7c6)[C@@H](O)[C@H](O)[C@H]5O)[C@H](O)[C@H]4O)[C@H](O)[C@H]3O)cccc12. The zero-order chi connectivity index (χ0) is 50.1. The first-order valence-electron chi connectivity index (χ1n) is 23.3. The minimum atomic E-state index is -3.73. The Labute approximate surface area is 415 Å². The Morgan fingerprint density at radius 1 is 0.629 bits per heavy atom. The smallest absolute Gasteiger partial charge is 0.241 e. The van der Waals surface area contributed by atoms with E-state index in [2.05, 4.69) is 4.72 Å². The molecule has 3 heterocycles. The maximum atomic E-state index is 13.2. The first-order valence-corrected chi connectivity index (χ1v) is 27.0. The monoisotopic (exact) mass is 1040 g/mol. The molecule has 4 aromatic rings. The van der Waals surface area contributed by atoms with Crippen LogP contribution in [-0.4, -0.2) is 203 Å². The minimum Gasteiger partial charge on any atom is -0.394 e. The summed E-state index contributed by atoms with van der Waals surface area (Å²) in [5.41, 5.74) is 0.827. The molecule has 70 heavy (non-hydrogen) atoms. The Morgan fingerprint density at radius 3 is 1.97 bits per heavy atom. The van der Waals surface area contributed by atoms with Crippen molar-refractivity contribution in [2.24, 2.45) is 0 Å².